The summed E-state index contributed by atoms with van der Waals surface area (Å²) in [5.74, 6) is -0.539. The maximum atomic E-state index is 12.9. The Morgan fingerprint density at radius 3 is 2.55 bits per heavy atom. The lowest BCUT2D eigenvalue weighted by Gasteiger charge is -2.29. The molecule has 0 saturated carbocycles. The first-order valence-electron chi connectivity index (χ1n) is 9.10. The molecule has 0 spiro atoms. The van der Waals surface area contributed by atoms with Crippen molar-refractivity contribution in [1.82, 2.24) is 5.43 Å². The molecule has 2 aromatic rings. The normalized spacial score (nSPS) is 15.0. The van der Waals surface area contributed by atoms with Gasteiger partial charge in [-0.15, -0.1) is 0 Å². The summed E-state index contributed by atoms with van der Waals surface area (Å²) in [5.41, 5.74) is 8.87. The van der Waals surface area contributed by atoms with E-state index in [-0.39, 0.29) is 11.1 Å². The van der Waals surface area contributed by atoms with Crippen molar-refractivity contribution < 1.29 is 18.0 Å². The monoisotopic (exact) mass is 424 g/mol. The number of nitrogens with one attached hydrogen (secondary N) is 1. The second-order valence-corrected chi connectivity index (χ2v) is 7.16. The van der Waals surface area contributed by atoms with E-state index in [1.54, 1.807) is 12.1 Å². The van der Waals surface area contributed by atoms with E-state index in [1.807, 2.05) is 6.07 Å². The van der Waals surface area contributed by atoms with E-state index in [0.717, 1.165) is 50.0 Å². The van der Waals surface area contributed by atoms with Gasteiger partial charge < -0.3 is 10.6 Å². The predicted molar refractivity (Wildman–Crippen MR) is 108 cm³/mol. The third kappa shape index (κ3) is 5.20. The van der Waals surface area contributed by atoms with Gasteiger partial charge >= 0.3 is 6.18 Å². The molecule has 1 fully saturated rings. The van der Waals surface area contributed by atoms with Crippen LogP contribution in [0.2, 0.25) is 5.02 Å². The van der Waals surface area contributed by atoms with Crippen LogP contribution in [0.4, 0.5) is 24.5 Å². The first kappa shape index (κ1) is 21.0. The van der Waals surface area contributed by atoms with Gasteiger partial charge in [0.2, 0.25) is 0 Å². The van der Waals surface area contributed by atoms with Gasteiger partial charge in [-0.25, -0.2) is 5.43 Å². The molecule has 154 valence electrons. The maximum absolute atomic E-state index is 12.9. The van der Waals surface area contributed by atoms with Gasteiger partial charge in [-0.1, -0.05) is 17.7 Å². The van der Waals surface area contributed by atoms with E-state index in [1.165, 1.54) is 12.5 Å². The van der Waals surface area contributed by atoms with Gasteiger partial charge in [0.05, 0.1) is 22.4 Å². The highest BCUT2D eigenvalue weighted by Crippen LogP contribution is 2.34. The van der Waals surface area contributed by atoms with Crippen molar-refractivity contribution in [2.45, 2.75) is 25.4 Å². The van der Waals surface area contributed by atoms with Crippen LogP contribution in [0.25, 0.3) is 0 Å². The number of benzene rings is 2. The standard InChI is InChI=1S/C20H20ClF3N4O/c21-17-6-4-13(10-16(17)20(22,23)24)12-26-27-19(29)15-11-14(5-7-18(15)25)28-8-2-1-3-9-28/h4-7,10-12H,1-3,8-9,25H2,(H,27,29). The highest BCUT2D eigenvalue weighted by atomic mass is 35.5. The number of amides is 1. The fourth-order valence-corrected chi connectivity index (χ4v) is 3.38. The largest absolute Gasteiger partial charge is 0.417 e. The smallest absolute Gasteiger partial charge is 0.398 e. The minimum Gasteiger partial charge on any atom is -0.398 e. The number of halogens is 4. The molecule has 0 aliphatic carbocycles. The molecule has 2 aromatic carbocycles. The van der Waals surface area contributed by atoms with Crippen LogP contribution in [0.5, 0.6) is 0 Å². The molecule has 1 amide bonds. The Bertz CT molecular complexity index is 924. The second-order valence-electron chi connectivity index (χ2n) is 6.76. The van der Waals surface area contributed by atoms with Crippen LogP contribution >= 0.6 is 11.6 Å². The van der Waals surface area contributed by atoms with Crippen LogP contribution in [0.15, 0.2) is 41.5 Å². The van der Waals surface area contributed by atoms with E-state index in [4.69, 9.17) is 17.3 Å². The molecule has 1 saturated heterocycles. The number of nitrogen functional groups attached to an aromatic ring is 1. The van der Waals surface area contributed by atoms with Crippen molar-refractivity contribution in [1.29, 1.82) is 0 Å². The van der Waals surface area contributed by atoms with Crippen molar-refractivity contribution in [3.63, 3.8) is 0 Å². The Labute approximate surface area is 171 Å². The molecule has 3 rings (SSSR count). The summed E-state index contributed by atoms with van der Waals surface area (Å²) in [6.07, 6.45) is -0.0790. The molecule has 5 nitrogen and oxygen atoms in total. The number of anilines is 2. The molecule has 29 heavy (non-hydrogen) atoms. The van der Waals surface area contributed by atoms with E-state index in [9.17, 15) is 18.0 Å². The Balaban J connectivity index is 1.72. The summed E-state index contributed by atoms with van der Waals surface area (Å²) in [6, 6.07) is 8.61. The van der Waals surface area contributed by atoms with Gasteiger partial charge in [0.1, 0.15) is 0 Å². The minimum absolute atomic E-state index is 0.150. The first-order valence-corrected chi connectivity index (χ1v) is 9.48. The minimum atomic E-state index is -4.58. The summed E-state index contributed by atoms with van der Waals surface area (Å²) < 4.78 is 38.8. The quantitative estimate of drug-likeness (QED) is 0.424. The van der Waals surface area contributed by atoms with E-state index >= 15 is 0 Å². The molecule has 0 radical (unpaired) electrons. The zero-order chi connectivity index (χ0) is 21.0. The molecule has 3 N–H and O–H groups in total. The van der Waals surface area contributed by atoms with Crippen molar-refractivity contribution >= 4 is 35.1 Å². The number of rotatable bonds is 4. The zero-order valence-corrected chi connectivity index (χ0v) is 16.2. The van der Waals surface area contributed by atoms with Crippen LogP contribution in [-0.2, 0) is 6.18 Å². The number of hydrogen-bond acceptors (Lipinski definition) is 4. The van der Waals surface area contributed by atoms with Crippen molar-refractivity contribution in [2.24, 2.45) is 5.10 Å². The Kier molecular flexibility index (Phi) is 6.32. The predicted octanol–water partition coefficient (Wildman–Crippen LogP) is 4.70. The fraction of sp³-hybridized carbons (Fsp3) is 0.300. The van der Waals surface area contributed by atoms with Crippen LogP contribution < -0.4 is 16.1 Å². The topological polar surface area (TPSA) is 70.7 Å². The number of nitrogens with two attached hydrogens (primary N) is 1. The zero-order valence-electron chi connectivity index (χ0n) is 15.5. The number of alkyl halides is 3. The molecule has 0 unspecified atom stereocenters. The summed E-state index contributed by atoms with van der Waals surface area (Å²) in [6.45, 7) is 1.84. The molecular weight excluding hydrogens is 405 g/mol. The van der Waals surface area contributed by atoms with Gasteiger partial charge in [0.25, 0.3) is 5.91 Å². The lowest BCUT2D eigenvalue weighted by atomic mass is 10.1. The summed E-state index contributed by atoms with van der Waals surface area (Å²) in [5, 5.41) is 3.35. The third-order valence-corrected chi connectivity index (χ3v) is 5.01. The second kappa shape index (κ2) is 8.73. The molecule has 9 heteroatoms. The van der Waals surface area contributed by atoms with Crippen LogP contribution in [0.3, 0.4) is 0 Å². The number of hydrogen-bond donors (Lipinski definition) is 2. The van der Waals surface area contributed by atoms with Gasteiger partial charge in [-0.2, -0.15) is 18.3 Å². The number of carbonyl (C=O) groups excluding carboxylic acids is 1. The number of piperidine rings is 1. The fourth-order valence-electron chi connectivity index (χ4n) is 3.16. The van der Waals surface area contributed by atoms with Crippen LogP contribution in [-0.4, -0.2) is 25.2 Å². The maximum Gasteiger partial charge on any atom is 0.417 e. The van der Waals surface area contributed by atoms with E-state index in [0.29, 0.717) is 5.69 Å². The van der Waals surface area contributed by atoms with Crippen molar-refractivity contribution in [3.05, 3.63) is 58.1 Å². The average molecular weight is 425 g/mol. The lowest BCUT2D eigenvalue weighted by Crippen LogP contribution is -2.29. The highest BCUT2D eigenvalue weighted by Gasteiger charge is 2.33. The Hall–Kier alpha value is -2.74. The summed E-state index contributed by atoms with van der Waals surface area (Å²) in [4.78, 5) is 14.6. The Morgan fingerprint density at radius 2 is 1.86 bits per heavy atom. The van der Waals surface area contributed by atoms with Gasteiger partial charge in [0.15, 0.2) is 0 Å². The molecule has 0 bridgehead atoms. The van der Waals surface area contributed by atoms with Crippen molar-refractivity contribution in [3.8, 4) is 0 Å². The lowest BCUT2D eigenvalue weighted by molar-refractivity contribution is -0.137. The average Bonchev–Trinajstić information content (AvgIpc) is 2.69. The Morgan fingerprint density at radius 1 is 1.14 bits per heavy atom. The number of carbonyl (C=O) groups is 1. The highest BCUT2D eigenvalue weighted by molar-refractivity contribution is 6.31. The summed E-state index contributed by atoms with van der Waals surface area (Å²) in [7, 11) is 0. The van der Waals surface area contributed by atoms with Crippen LogP contribution in [0, 0.1) is 0 Å². The molecule has 0 atom stereocenters. The molecule has 1 aliphatic heterocycles. The van der Waals surface area contributed by atoms with Gasteiger partial charge in [-0.05, 0) is 55.2 Å². The molecule has 0 aromatic heterocycles. The first-order chi connectivity index (χ1) is 13.8. The summed E-state index contributed by atoms with van der Waals surface area (Å²) >= 11 is 5.59. The van der Waals surface area contributed by atoms with E-state index in [2.05, 4.69) is 15.4 Å². The van der Waals surface area contributed by atoms with Crippen molar-refractivity contribution in [2.75, 3.05) is 23.7 Å². The molecular formula is C20H20ClF3N4O. The third-order valence-electron chi connectivity index (χ3n) is 4.68. The number of hydrazone groups is 1. The van der Waals surface area contributed by atoms with Gasteiger partial charge in [-0.3, -0.25) is 4.79 Å². The van der Waals surface area contributed by atoms with Gasteiger partial charge in [0, 0.05) is 24.5 Å². The molecule has 1 heterocycles. The van der Waals surface area contributed by atoms with E-state index < -0.39 is 22.7 Å². The number of nitrogens with zero attached hydrogens (tertiary/aromatic N) is 2. The molecule has 1 aliphatic rings. The SMILES string of the molecule is Nc1ccc(N2CCCCC2)cc1C(=O)NN=Cc1ccc(Cl)c(C(F)(F)F)c1. The van der Waals surface area contributed by atoms with Crippen LogP contribution in [0.1, 0.15) is 40.7 Å².